The Morgan fingerprint density at radius 2 is 1.91 bits per heavy atom. The third-order valence-corrected chi connectivity index (χ3v) is 6.54. The molecule has 0 bridgehead atoms. The SMILES string of the molecule is [B]c1cc(Br)cc(C(=O)NCC2CCC(Nc3nc(N(C)C)c4ccccc4n3)CC2)c1O. The number of fused-ring (bicyclic) bond motifs is 1. The van der Waals surface area contributed by atoms with Crippen LogP contribution in [0.25, 0.3) is 10.9 Å². The van der Waals surface area contributed by atoms with E-state index in [2.05, 4.69) is 26.6 Å². The first-order valence-corrected chi connectivity index (χ1v) is 11.9. The van der Waals surface area contributed by atoms with Crippen molar-refractivity contribution in [3.8, 4) is 5.75 Å². The summed E-state index contributed by atoms with van der Waals surface area (Å²) in [6.07, 6.45) is 3.92. The highest BCUT2D eigenvalue weighted by Gasteiger charge is 2.23. The molecule has 3 aromatic rings. The topological polar surface area (TPSA) is 90.4 Å². The Morgan fingerprint density at radius 1 is 1.18 bits per heavy atom. The van der Waals surface area contributed by atoms with Gasteiger partial charge in [-0.15, -0.1) is 0 Å². The molecule has 0 aliphatic heterocycles. The van der Waals surface area contributed by atoms with Gasteiger partial charge in [0.25, 0.3) is 5.91 Å². The quantitative estimate of drug-likeness (QED) is 0.443. The Bertz CT molecular complexity index is 1170. The van der Waals surface area contributed by atoms with Gasteiger partial charge in [-0.3, -0.25) is 4.79 Å². The van der Waals surface area contributed by atoms with Crippen LogP contribution in [0.5, 0.6) is 5.75 Å². The molecule has 1 heterocycles. The van der Waals surface area contributed by atoms with E-state index in [0.29, 0.717) is 28.9 Å². The van der Waals surface area contributed by atoms with Crippen LogP contribution in [0, 0.1) is 5.92 Å². The molecule has 3 N–H and O–H groups in total. The standard InChI is InChI=1S/C24H27BBrN5O2/c1-31(2)22-17-5-3-4-6-20(17)29-24(30-22)28-16-9-7-14(8-10-16)13-27-23(33)18-11-15(26)12-19(25)21(18)32/h3-6,11-12,14,16,32H,7-10,13H2,1-2H3,(H,27,33)(H,28,29,30). The number of aromatic hydroxyl groups is 1. The number of hydrogen-bond donors (Lipinski definition) is 3. The highest BCUT2D eigenvalue weighted by molar-refractivity contribution is 9.10. The van der Waals surface area contributed by atoms with E-state index < -0.39 is 0 Å². The number of halogens is 1. The number of nitrogens with zero attached hydrogens (tertiary/aromatic N) is 3. The molecule has 0 spiro atoms. The smallest absolute Gasteiger partial charge is 0.255 e. The Balaban J connectivity index is 1.33. The number of para-hydroxylation sites is 1. The number of rotatable bonds is 6. The summed E-state index contributed by atoms with van der Waals surface area (Å²) in [5, 5.41) is 17.6. The second kappa shape index (κ2) is 9.99. The lowest BCUT2D eigenvalue weighted by Crippen LogP contribution is -2.34. The first kappa shape index (κ1) is 23.4. The fraction of sp³-hybridized carbons (Fsp3) is 0.375. The molecule has 1 fully saturated rings. The van der Waals surface area contributed by atoms with E-state index in [-0.39, 0.29) is 22.7 Å². The van der Waals surface area contributed by atoms with Crippen molar-refractivity contribution in [2.75, 3.05) is 30.9 Å². The zero-order chi connectivity index (χ0) is 23.5. The number of nitrogens with one attached hydrogen (secondary N) is 2. The summed E-state index contributed by atoms with van der Waals surface area (Å²) in [6.45, 7) is 0.564. The van der Waals surface area contributed by atoms with Crippen molar-refractivity contribution >= 4 is 57.8 Å². The van der Waals surface area contributed by atoms with E-state index in [0.717, 1.165) is 42.4 Å². The summed E-state index contributed by atoms with van der Waals surface area (Å²) < 4.78 is 0.655. The molecule has 2 radical (unpaired) electrons. The van der Waals surface area contributed by atoms with Crippen LogP contribution < -0.4 is 21.0 Å². The van der Waals surface area contributed by atoms with Crippen molar-refractivity contribution in [3.63, 3.8) is 0 Å². The molecule has 0 unspecified atom stereocenters. The van der Waals surface area contributed by atoms with Crippen LogP contribution in [-0.2, 0) is 0 Å². The largest absolute Gasteiger partial charge is 0.508 e. The van der Waals surface area contributed by atoms with Gasteiger partial charge in [-0.1, -0.05) is 39.6 Å². The predicted molar refractivity (Wildman–Crippen MR) is 137 cm³/mol. The summed E-state index contributed by atoms with van der Waals surface area (Å²) in [6, 6.07) is 11.5. The molecule has 7 nitrogen and oxygen atoms in total. The number of carbonyl (C=O) groups excluding carboxylic acids is 1. The number of hydrogen-bond acceptors (Lipinski definition) is 6. The molecule has 1 aliphatic carbocycles. The van der Waals surface area contributed by atoms with Crippen LogP contribution in [0.15, 0.2) is 40.9 Å². The lowest BCUT2D eigenvalue weighted by molar-refractivity contribution is 0.0940. The highest BCUT2D eigenvalue weighted by Crippen LogP contribution is 2.28. The van der Waals surface area contributed by atoms with Crippen LogP contribution >= 0.6 is 15.9 Å². The monoisotopic (exact) mass is 507 g/mol. The molecule has 9 heteroatoms. The summed E-state index contributed by atoms with van der Waals surface area (Å²) in [4.78, 5) is 24.0. The minimum absolute atomic E-state index is 0.175. The van der Waals surface area contributed by atoms with Crippen LogP contribution in [0.3, 0.4) is 0 Å². The molecule has 1 amide bonds. The zero-order valence-corrected chi connectivity index (χ0v) is 20.4. The molecule has 170 valence electrons. The van der Waals surface area contributed by atoms with Crippen molar-refractivity contribution < 1.29 is 9.90 Å². The maximum atomic E-state index is 12.5. The predicted octanol–water partition coefficient (Wildman–Crippen LogP) is 3.36. The normalized spacial score (nSPS) is 18.2. The third kappa shape index (κ3) is 5.41. The third-order valence-electron chi connectivity index (χ3n) is 6.09. The molecule has 33 heavy (non-hydrogen) atoms. The minimum Gasteiger partial charge on any atom is -0.508 e. The second-order valence-electron chi connectivity index (χ2n) is 8.75. The number of benzene rings is 2. The number of carbonyl (C=O) groups is 1. The molecular formula is C24H27BBrN5O2. The van der Waals surface area contributed by atoms with Gasteiger partial charge >= 0.3 is 0 Å². The molecule has 1 aromatic heterocycles. The number of phenolic OH excluding ortho intramolecular Hbond substituents is 1. The summed E-state index contributed by atoms with van der Waals surface area (Å²) >= 11 is 3.31. The van der Waals surface area contributed by atoms with Crippen molar-refractivity contribution in [1.82, 2.24) is 15.3 Å². The van der Waals surface area contributed by atoms with E-state index in [1.165, 1.54) is 0 Å². The fourth-order valence-electron chi connectivity index (χ4n) is 4.28. The zero-order valence-electron chi connectivity index (χ0n) is 18.8. The van der Waals surface area contributed by atoms with E-state index in [9.17, 15) is 9.90 Å². The van der Waals surface area contributed by atoms with Crippen molar-refractivity contribution in [3.05, 3.63) is 46.4 Å². The summed E-state index contributed by atoms with van der Waals surface area (Å²) in [7, 11) is 9.73. The van der Waals surface area contributed by atoms with Crippen LogP contribution in [-0.4, -0.2) is 55.5 Å². The minimum atomic E-state index is -0.318. The lowest BCUT2D eigenvalue weighted by Gasteiger charge is -2.29. The lowest BCUT2D eigenvalue weighted by atomic mass is 9.86. The van der Waals surface area contributed by atoms with Crippen LogP contribution in [0.4, 0.5) is 11.8 Å². The molecule has 1 saturated carbocycles. The molecule has 4 rings (SSSR count). The Kier molecular flexibility index (Phi) is 7.07. The van der Waals surface area contributed by atoms with Gasteiger partial charge in [-0.2, -0.15) is 4.98 Å². The molecule has 1 aliphatic rings. The van der Waals surface area contributed by atoms with Gasteiger partial charge in [-0.05, 0) is 49.8 Å². The fourth-order valence-corrected chi connectivity index (χ4v) is 4.76. The number of aromatic nitrogens is 2. The second-order valence-corrected chi connectivity index (χ2v) is 9.66. The van der Waals surface area contributed by atoms with Gasteiger partial charge in [0, 0.05) is 36.5 Å². The highest BCUT2D eigenvalue weighted by atomic mass is 79.9. The van der Waals surface area contributed by atoms with Gasteiger partial charge < -0.3 is 20.6 Å². The van der Waals surface area contributed by atoms with E-state index >= 15 is 0 Å². The van der Waals surface area contributed by atoms with Gasteiger partial charge in [-0.25, -0.2) is 4.98 Å². The number of amides is 1. The van der Waals surface area contributed by atoms with Gasteiger partial charge in [0.2, 0.25) is 5.95 Å². The Hall–Kier alpha value is -2.81. The molecule has 2 aromatic carbocycles. The summed E-state index contributed by atoms with van der Waals surface area (Å²) in [5.41, 5.74) is 1.28. The Morgan fingerprint density at radius 3 is 2.64 bits per heavy atom. The molecule has 0 atom stereocenters. The van der Waals surface area contributed by atoms with Gasteiger partial charge in [0.05, 0.1) is 11.1 Å². The van der Waals surface area contributed by atoms with E-state index in [1.807, 2.05) is 43.3 Å². The number of anilines is 2. The summed E-state index contributed by atoms with van der Waals surface area (Å²) in [5.74, 6) is 1.43. The van der Waals surface area contributed by atoms with Gasteiger partial charge in [0.15, 0.2) is 0 Å². The van der Waals surface area contributed by atoms with E-state index in [1.54, 1.807) is 12.1 Å². The maximum Gasteiger partial charge on any atom is 0.255 e. The average molecular weight is 508 g/mol. The van der Waals surface area contributed by atoms with Crippen molar-refractivity contribution in [2.45, 2.75) is 31.7 Å². The average Bonchev–Trinajstić information content (AvgIpc) is 2.80. The first-order valence-electron chi connectivity index (χ1n) is 11.1. The first-order chi connectivity index (χ1) is 15.8. The van der Waals surface area contributed by atoms with Gasteiger partial charge in [0.1, 0.15) is 19.4 Å². The van der Waals surface area contributed by atoms with Crippen LogP contribution in [0.1, 0.15) is 36.0 Å². The molecule has 0 saturated heterocycles. The van der Waals surface area contributed by atoms with E-state index in [4.69, 9.17) is 17.8 Å². The maximum absolute atomic E-state index is 12.5. The Labute approximate surface area is 203 Å². The van der Waals surface area contributed by atoms with Crippen molar-refractivity contribution in [2.24, 2.45) is 5.92 Å². The number of phenols is 1. The van der Waals surface area contributed by atoms with Crippen LogP contribution in [0.2, 0.25) is 0 Å². The molecular weight excluding hydrogens is 481 g/mol. The van der Waals surface area contributed by atoms with Crippen molar-refractivity contribution in [1.29, 1.82) is 0 Å².